The number of nitrogens with one attached hydrogen (secondary N) is 1. The summed E-state index contributed by atoms with van der Waals surface area (Å²) in [6, 6.07) is 19.0. The van der Waals surface area contributed by atoms with Crippen LogP contribution in [-0.4, -0.2) is 22.1 Å². The average molecular weight is 344 g/mol. The standard InChI is InChI=1S/C22H20N2O2/c1-24-14-16(20-13-17(25)9-10-21(20)24)11-12-23-22(26)19-8-4-6-15-5-2-3-7-18(15)19/h2-10,13-14,25H,11-12H2,1H3,(H,23,26). The SMILES string of the molecule is Cn1cc(CCNC(=O)c2cccc3ccccc23)c2cc(O)ccc21. The lowest BCUT2D eigenvalue weighted by molar-refractivity contribution is 0.0956. The molecule has 0 fully saturated rings. The van der Waals surface area contributed by atoms with Crippen LogP contribution in [0, 0.1) is 0 Å². The van der Waals surface area contributed by atoms with E-state index in [1.165, 1.54) is 0 Å². The number of amides is 1. The third-order valence-electron chi connectivity index (χ3n) is 4.77. The van der Waals surface area contributed by atoms with Crippen LogP contribution in [0.4, 0.5) is 0 Å². The van der Waals surface area contributed by atoms with Gasteiger partial charge >= 0.3 is 0 Å². The quantitative estimate of drug-likeness (QED) is 0.588. The maximum absolute atomic E-state index is 12.6. The number of nitrogens with zero attached hydrogens (tertiary/aromatic N) is 1. The monoisotopic (exact) mass is 344 g/mol. The van der Waals surface area contributed by atoms with Crippen molar-refractivity contribution < 1.29 is 9.90 Å². The minimum Gasteiger partial charge on any atom is -0.508 e. The van der Waals surface area contributed by atoms with Crippen molar-refractivity contribution in [1.29, 1.82) is 0 Å². The highest BCUT2D eigenvalue weighted by molar-refractivity contribution is 6.07. The van der Waals surface area contributed by atoms with E-state index < -0.39 is 0 Å². The summed E-state index contributed by atoms with van der Waals surface area (Å²) < 4.78 is 2.04. The summed E-state index contributed by atoms with van der Waals surface area (Å²) in [5, 5.41) is 15.8. The molecule has 0 saturated carbocycles. The Morgan fingerprint density at radius 1 is 1.04 bits per heavy atom. The number of benzene rings is 3. The summed E-state index contributed by atoms with van der Waals surface area (Å²) in [5.41, 5.74) is 2.87. The third kappa shape index (κ3) is 2.90. The van der Waals surface area contributed by atoms with Gasteiger partial charge in [-0.3, -0.25) is 4.79 Å². The molecule has 0 aliphatic heterocycles. The van der Waals surface area contributed by atoms with Crippen LogP contribution in [-0.2, 0) is 13.5 Å². The molecule has 0 bridgehead atoms. The molecule has 0 spiro atoms. The van der Waals surface area contributed by atoms with Gasteiger partial charge in [0.15, 0.2) is 0 Å². The minimum atomic E-state index is -0.0649. The van der Waals surface area contributed by atoms with Crippen LogP contribution >= 0.6 is 0 Å². The lowest BCUT2D eigenvalue weighted by atomic mass is 10.0. The summed E-state index contributed by atoms with van der Waals surface area (Å²) in [4.78, 5) is 12.6. The van der Waals surface area contributed by atoms with Crippen LogP contribution in [0.25, 0.3) is 21.7 Å². The Morgan fingerprint density at radius 2 is 1.85 bits per heavy atom. The number of aryl methyl sites for hydroxylation is 1. The fraction of sp³-hybridized carbons (Fsp3) is 0.136. The van der Waals surface area contributed by atoms with Gasteiger partial charge in [-0.25, -0.2) is 0 Å². The lowest BCUT2D eigenvalue weighted by Gasteiger charge is -2.08. The maximum Gasteiger partial charge on any atom is 0.251 e. The van der Waals surface area contributed by atoms with Gasteiger partial charge in [-0.05, 0) is 47.0 Å². The predicted molar refractivity (Wildman–Crippen MR) is 105 cm³/mol. The smallest absolute Gasteiger partial charge is 0.251 e. The average Bonchev–Trinajstić information content (AvgIpc) is 2.96. The molecular weight excluding hydrogens is 324 g/mol. The van der Waals surface area contributed by atoms with Crippen LogP contribution in [0.15, 0.2) is 66.9 Å². The number of hydrogen-bond donors (Lipinski definition) is 2. The molecule has 2 N–H and O–H groups in total. The van der Waals surface area contributed by atoms with Crippen LogP contribution in [0.5, 0.6) is 5.75 Å². The van der Waals surface area contributed by atoms with Gasteiger partial charge in [-0.1, -0.05) is 36.4 Å². The normalized spacial score (nSPS) is 11.1. The number of aromatic nitrogens is 1. The number of carbonyl (C=O) groups excluding carboxylic acids is 1. The zero-order valence-corrected chi connectivity index (χ0v) is 14.6. The molecule has 1 heterocycles. The molecule has 1 amide bonds. The van der Waals surface area contributed by atoms with Crippen LogP contribution in [0.3, 0.4) is 0 Å². The number of hydrogen-bond acceptors (Lipinski definition) is 2. The second kappa shape index (κ2) is 6.56. The molecule has 0 atom stereocenters. The van der Waals surface area contributed by atoms with E-state index in [1.54, 1.807) is 12.1 Å². The Hall–Kier alpha value is -3.27. The fourth-order valence-corrected chi connectivity index (χ4v) is 3.49. The van der Waals surface area contributed by atoms with E-state index in [0.29, 0.717) is 18.5 Å². The molecule has 130 valence electrons. The van der Waals surface area contributed by atoms with Crippen molar-refractivity contribution in [2.75, 3.05) is 6.54 Å². The molecule has 4 aromatic rings. The minimum absolute atomic E-state index is 0.0649. The molecule has 0 aliphatic carbocycles. The number of carbonyl (C=O) groups is 1. The van der Waals surface area contributed by atoms with Crippen molar-refractivity contribution in [2.24, 2.45) is 7.05 Å². The fourth-order valence-electron chi connectivity index (χ4n) is 3.49. The highest BCUT2D eigenvalue weighted by Crippen LogP contribution is 2.25. The Bertz CT molecular complexity index is 1110. The zero-order chi connectivity index (χ0) is 18.1. The molecule has 4 rings (SSSR count). The molecule has 26 heavy (non-hydrogen) atoms. The van der Waals surface area contributed by atoms with E-state index in [4.69, 9.17) is 0 Å². The van der Waals surface area contributed by atoms with E-state index in [1.807, 2.05) is 66.3 Å². The molecule has 1 aromatic heterocycles. The predicted octanol–water partition coefficient (Wildman–Crippen LogP) is 4.01. The van der Waals surface area contributed by atoms with Crippen molar-refractivity contribution >= 4 is 27.6 Å². The summed E-state index contributed by atoms with van der Waals surface area (Å²) in [7, 11) is 1.98. The second-order valence-electron chi connectivity index (χ2n) is 6.50. The summed E-state index contributed by atoms with van der Waals surface area (Å²) >= 11 is 0. The first kappa shape index (κ1) is 16.2. The van der Waals surface area contributed by atoms with Gasteiger partial charge < -0.3 is 15.0 Å². The molecule has 4 heteroatoms. The molecular formula is C22H20N2O2. The molecule has 0 saturated heterocycles. The number of fused-ring (bicyclic) bond motifs is 2. The van der Waals surface area contributed by atoms with Crippen molar-refractivity contribution in [3.63, 3.8) is 0 Å². The Kier molecular flexibility index (Phi) is 4.09. The molecule has 4 nitrogen and oxygen atoms in total. The highest BCUT2D eigenvalue weighted by atomic mass is 16.3. The lowest BCUT2D eigenvalue weighted by Crippen LogP contribution is -2.25. The number of rotatable bonds is 4. The van der Waals surface area contributed by atoms with Gasteiger partial charge in [0, 0.05) is 36.3 Å². The summed E-state index contributed by atoms with van der Waals surface area (Å²) in [6.07, 6.45) is 2.76. The molecule has 0 radical (unpaired) electrons. The van der Waals surface area contributed by atoms with Gasteiger partial charge in [0.25, 0.3) is 5.91 Å². The largest absolute Gasteiger partial charge is 0.508 e. The van der Waals surface area contributed by atoms with E-state index >= 15 is 0 Å². The number of aromatic hydroxyl groups is 1. The Labute approximate surface area is 151 Å². The maximum atomic E-state index is 12.6. The molecule has 3 aromatic carbocycles. The molecule has 0 aliphatic rings. The first-order chi connectivity index (χ1) is 12.6. The summed E-state index contributed by atoms with van der Waals surface area (Å²) in [6.45, 7) is 0.539. The van der Waals surface area contributed by atoms with Gasteiger partial charge in [0.1, 0.15) is 5.75 Å². The van der Waals surface area contributed by atoms with Gasteiger partial charge in [-0.15, -0.1) is 0 Å². The topological polar surface area (TPSA) is 54.3 Å². The van der Waals surface area contributed by atoms with Gasteiger partial charge in [-0.2, -0.15) is 0 Å². The van der Waals surface area contributed by atoms with Crippen LogP contribution in [0.2, 0.25) is 0 Å². The number of phenolic OH excluding ortho intramolecular Hbond substituents is 1. The van der Waals surface area contributed by atoms with E-state index in [-0.39, 0.29) is 11.7 Å². The zero-order valence-electron chi connectivity index (χ0n) is 14.6. The third-order valence-corrected chi connectivity index (χ3v) is 4.77. The van der Waals surface area contributed by atoms with Gasteiger partial charge in [0.2, 0.25) is 0 Å². The highest BCUT2D eigenvalue weighted by Gasteiger charge is 2.11. The Morgan fingerprint density at radius 3 is 2.73 bits per heavy atom. The summed E-state index contributed by atoms with van der Waals surface area (Å²) in [5.74, 6) is 0.189. The number of phenols is 1. The Balaban J connectivity index is 1.51. The van der Waals surface area contributed by atoms with Crippen molar-refractivity contribution in [3.8, 4) is 5.75 Å². The van der Waals surface area contributed by atoms with Crippen molar-refractivity contribution in [3.05, 3.63) is 78.0 Å². The van der Waals surface area contributed by atoms with Crippen LogP contribution < -0.4 is 5.32 Å². The van der Waals surface area contributed by atoms with Crippen LogP contribution in [0.1, 0.15) is 15.9 Å². The van der Waals surface area contributed by atoms with Gasteiger partial charge in [0.05, 0.1) is 0 Å². The second-order valence-corrected chi connectivity index (χ2v) is 6.50. The van der Waals surface area contributed by atoms with Crippen molar-refractivity contribution in [2.45, 2.75) is 6.42 Å². The van der Waals surface area contributed by atoms with E-state index in [9.17, 15) is 9.90 Å². The first-order valence-electron chi connectivity index (χ1n) is 8.66. The van der Waals surface area contributed by atoms with E-state index in [2.05, 4.69) is 5.32 Å². The first-order valence-corrected chi connectivity index (χ1v) is 8.66. The van der Waals surface area contributed by atoms with Crippen molar-refractivity contribution in [1.82, 2.24) is 9.88 Å². The van der Waals surface area contributed by atoms with E-state index in [0.717, 1.165) is 27.2 Å². The molecule has 0 unspecified atom stereocenters.